The van der Waals surface area contributed by atoms with E-state index in [0.717, 1.165) is 110 Å². The van der Waals surface area contributed by atoms with E-state index in [2.05, 4.69) is 86.7 Å². The van der Waals surface area contributed by atoms with Crippen molar-refractivity contribution >= 4 is 35.1 Å². The molecule has 1 aliphatic heterocycles. The molecule has 1 saturated heterocycles. The third-order valence-electron chi connectivity index (χ3n) is 9.44. The van der Waals surface area contributed by atoms with Gasteiger partial charge in [0.25, 0.3) is 0 Å². The first-order chi connectivity index (χ1) is 27.0. The summed E-state index contributed by atoms with van der Waals surface area (Å²) < 4.78 is 12.8. The van der Waals surface area contributed by atoms with Crippen molar-refractivity contribution in [2.24, 2.45) is 0 Å². The van der Waals surface area contributed by atoms with Gasteiger partial charge in [-0.2, -0.15) is 4.98 Å². The number of rotatable bonds is 29. The summed E-state index contributed by atoms with van der Waals surface area (Å²) in [4.78, 5) is 43.8. The van der Waals surface area contributed by atoms with E-state index < -0.39 is 11.9 Å². The van der Waals surface area contributed by atoms with Crippen molar-refractivity contribution < 1.29 is 19.1 Å². The lowest BCUT2D eigenvalue weighted by Crippen LogP contribution is -2.29. The summed E-state index contributed by atoms with van der Waals surface area (Å²) in [6.07, 6.45) is 11.9. The van der Waals surface area contributed by atoms with Crippen LogP contribution in [0.1, 0.15) is 88.8 Å². The second kappa shape index (κ2) is 27.0. The van der Waals surface area contributed by atoms with Gasteiger partial charge in [0.05, 0.1) is 0 Å². The van der Waals surface area contributed by atoms with E-state index in [0.29, 0.717) is 18.6 Å². The first kappa shape index (κ1) is 44.0. The van der Waals surface area contributed by atoms with Crippen LogP contribution in [0.25, 0.3) is 0 Å². The lowest BCUT2D eigenvalue weighted by Gasteiger charge is -2.19. The van der Waals surface area contributed by atoms with Crippen molar-refractivity contribution in [3.05, 3.63) is 89.0 Å². The molecule has 1 fully saturated rings. The van der Waals surface area contributed by atoms with Gasteiger partial charge in [-0.05, 0) is 108 Å². The summed E-state index contributed by atoms with van der Waals surface area (Å²) in [5.74, 6) is 0.391. The number of nitrogens with zero attached hydrogens (tertiary/aromatic N) is 3. The second-order valence-electron chi connectivity index (χ2n) is 14.0. The van der Waals surface area contributed by atoms with Crippen LogP contribution in [-0.4, -0.2) is 85.5 Å². The maximum absolute atomic E-state index is 12.7. The van der Waals surface area contributed by atoms with Crippen LogP contribution in [0.15, 0.2) is 77.7 Å². The zero-order chi connectivity index (χ0) is 38.8. The zero-order valence-electron chi connectivity index (χ0n) is 32.7. The van der Waals surface area contributed by atoms with Crippen molar-refractivity contribution in [2.75, 3.05) is 68.9 Å². The lowest BCUT2D eigenvalue weighted by atomic mass is 10.2. The molecule has 1 amide bonds. The quantitative estimate of drug-likeness (QED) is 0.0481. The minimum atomic E-state index is -0.513. The van der Waals surface area contributed by atoms with E-state index in [1.165, 1.54) is 27.6 Å². The van der Waals surface area contributed by atoms with Gasteiger partial charge >= 0.3 is 11.7 Å². The summed E-state index contributed by atoms with van der Waals surface area (Å²) in [5, 5.41) is 13.2. The van der Waals surface area contributed by atoms with Crippen LogP contribution in [0.3, 0.4) is 0 Å². The number of esters is 1. The number of amides is 1. The third-order valence-corrected chi connectivity index (χ3v) is 10.5. The van der Waals surface area contributed by atoms with Gasteiger partial charge in [-0.1, -0.05) is 61.4 Å². The third kappa shape index (κ3) is 18.6. The molecule has 1 aromatic heterocycles. The minimum absolute atomic E-state index is 0.140. The van der Waals surface area contributed by atoms with E-state index in [4.69, 9.17) is 9.47 Å². The molecular weight excluding hydrogens is 715 g/mol. The highest BCUT2D eigenvalue weighted by Gasteiger charge is 2.29. The Hall–Kier alpha value is -3.75. The molecule has 3 aromatic rings. The molecular formula is C42H63N7O5S. The largest absolute Gasteiger partial charge is 0.462 e. The standard InChI is InChI=1S/C42H63N7O5S/c1-48(36-20-8-3-9-21-36)30-17-16-28-44-26-13-5-11-23-40(51)53-33-41-54-39(34-55-41)49-31-24-37(47-42(49)52)46-38(50)22-10-4-12-25-43-27-14-15-29-45-32-35-18-6-2-7-19-35/h2-3,6-9,18-21,24,31,39,41,43-45H,4-5,10-17,22-23,25-30,32-34H2,1H3,(H,46,47,50,52). The molecule has 13 heteroatoms. The molecule has 2 aromatic carbocycles. The summed E-state index contributed by atoms with van der Waals surface area (Å²) in [6.45, 7) is 7.00. The Balaban J connectivity index is 0.945. The average Bonchev–Trinajstić information content (AvgIpc) is 3.67. The Kier molecular flexibility index (Phi) is 21.5. The molecule has 12 nitrogen and oxygen atoms in total. The van der Waals surface area contributed by atoms with E-state index in [-0.39, 0.29) is 29.7 Å². The average molecular weight is 778 g/mol. The highest BCUT2D eigenvalue weighted by Crippen LogP contribution is 2.31. The molecule has 2 heterocycles. The Bertz CT molecular complexity index is 1550. The predicted molar refractivity (Wildman–Crippen MR) is 223 cm³/mol. The Morgan fingerprint density at radius 3 is 2.11 bits per heavy atom. The van der Waals surface area contributed by atoms with Gasteiger partial charge in [-0.15, -0.1) is 11.8 Å². The van der Waals surface area contributed by atoms with E-state index >= 15 is 0 Å². The summed E-state index contributed by atoms with van der Waals surface area (Å²) in [7, 11) is 2.13. The molecule has 4 rings (SSSR count). The van der Waals surface area contributed by atoms with Crippen LogP contribution in [0.5, 0.6) is 0 Å². The number of benzene rings is 2. The van der Waals surface area contributed by atoms with Gasteiger partial charge < -0.3 is 35.6 Å². The number of aromatic nitrogens is 2. The maximum Gasteiger partial charge on any atom is 0.351 e. The summed E-state index contributed by atoms with van der Waals surface area (Å²) >= 11 is 1.50. The fourth-order valence-electron chi connectivity index (χ4n) is 6.21. The van der Waals surface area contributed by atoms with Gasteiger partial charge in [-0.25, -0.2) is 4.79 Å². The SMILES string of the molecule is CN(CCCCNCCCCCC(=O)OCC1OC(n2ccc(NC(=O)CCCCCNCCCCNCc3ccccc3)nc2=O)CS1)c1ccccc1. The topological polar surface area (TPSA) is 139 Å². The van der Waals surface area contributed by atoms with Crippen molar-refractivity contribution in [2.45, 2.75) is 95.3 Å². The first-order valence-corrected chi connectivity index (χ1v) is 21.3. The van der Waals surface area contributed by atoms with E-state index in [1.54, 1.807) is 12.3 Å². The molecule has 0 saturated carbocycles. The van der Waals surface area contributed by atoms with Crippen molar-refractivity contribution in [3.8, 4) is 0 Å². The van der Waals surface area contributed by atoms with Crippen LogP contribution in [0.2, 0.25) is 0 Å². The van der Waals surface area contributed by atoms with E-state index in [9.17, 15) is 14.4 Å². The highest BCUT2D eigenvalue weighted by atomic mass is 32.2. The maximum atomic E-state index is 12.7. The molecule has 4 N–H and O–H groups in total. The van der Waals surface area contributed by atoms with Crippen LogP contribution in [0, 0.1) is 0 Å². The normalized spacial score (nSPS) is 15.2. The van der Waals surface area contributed by atoms with Gasteiger partial charge in [0.15, 0.2) is 0 Å². The van der Waals surface area contributed by atoms with Crippen LogP contribution >= 0.6 is 11.8 Å². The van der Waals surface area contributed by atoms with Gasteiger partial charge in [0.2, 0.25) is 5.91 Å². The number of hydrogen-bond donors (Lipinski definition) is 4. The fourth-order valence-corrected chi connectivity index (χ4v) is 7.20. The molecule has 0 spiro atoms. The number of nitrogens with one attached hydrogen (secondary N) is 4. The molecule has 1 aliphatic rings. The Morgan fingerprint density at radius 2 is 1.42 bits per heavy atom. The molecule has 2 unspecified atom stereocenters. The van der Waals surface area contributed by atoms with Crippen LogP contribution in [-0.2, 0) is 25.6 Å². The molecule has 0 bridgehead atoms. The highest BCUT2D eigenvalue weighted by molar-refractivity contribution is 8.00. The number of carbonyl (C=O) groups is 2. The van der Waals surface area contributed by atoms with Crippen LogP contribution in [0.4, 0.5) is 11.5 Å². The fraction of sp³-hybridized carbons (Fsp3) is 0.571. The number of para-hydroxylation sites is 1. The monoisotopic (exact) mass is 777 g/mol. The number of ether oxygens (including phenoxy) is 2. The molecule has 2 atom stereocenters. The number of thioether (sulfide) groups is 1. The molecule has 0 aliphatic carbocycles. The van der Waals surface area contributed by atoms with Gasteiger partial charge in [-0.3, -0.25) is 14.2 Å². The summed E-state index contributed by atoms with van der Waals surface area (Å²) in [6, 6.07) is 22.5. The van der Waals surface area contributed by atoms with Gasteiger partial charge in [0, 0.05) is 50.6 Å². The van der Waals surface area contributed by atoms with Crippen molar-refractivity contribution in [1.29, 1.82) is 0 Å². The van der Waals surface area contributed by atoms with Crippen molar-refractivity contribution in [1.82, 2.24) is 25.5 Å². The Labute approximate surface area is 331 Å². The number of carbonyl (C=O) groups excluding carboxylic acids is 2. The number of unbranched alkanes of at least 4 members (excludes halogenated alkanes) is 6. The zero-order valence-corrected chi connectivity index (χ0v) is 33.5. The second-order valence-corrected chi connectivity index (χ2v) is 15.2. The van der Waals surface area contributed by atoms with E-state index in [1.807, 2.05) is 12.1 Å². The molecule has 55 heavy (non-hydrogen) atoms. The first-order valence-electron chi connectivity index (χ1n) is 20.2. The van der Waals surface area contributed by atoms with Crippen molar-refractivity contribution in [3.63, 3.8) is 0 Å². The molecule has 0 radical (unpaired) electrons. The molecule has 302 valence electrons. The summed E-state index contributed by atoms with van der Waals surface area (Å²) in [5.41, 5.74) is 1.71. The van der Waals surface area contributed by atoms with Gasteiger partial charge in [0.1, 0.15) is 24.1 Å². The predicted octanol–water partition coefficient (Wildman–Crippen LogP) is 6.10. The van der Waals surface area contributed by atoms with Crippen LogP contribution < -0.4 is 31.9 Å². The minimum Gasteiger partial charge on any atom is -0.462 e. The Morgan fingerprint density at radius 1 is 0.800 bits per heavy atom. The smallest absolute Gasteiger partial charge is 0.351 e. The number of anilines is 2. The lowest BCUT2D eigenvalue weighted by molar-refractivity contribution is -0.147. The number of hydrogen-bond acceptors (Lipinski definition) is 11.